The molecule has 0 aromatic carbocycles. The Morgan fingerprint density at radius 3 is 2.08 bits per heavy atom. The van der Waals surface area contributed by atoms with Crippen molar-refractivity contribution in [3.05, 3.63) is 74.9 Å². The van der Waals surface area contributed by atoms with Gasteiger partial charge in [0, 0.05) is 32.0 Å². The van der Waals surface area contributed by atoms with E-state index in [-0.39, 0.29) is 21.9 Å². The first kappa shape index (κ1) is 29.1. The van der Waals surface area contributed by atoms with Crippen LogP contribution in [0.1, 0.15) is 58.3 Å². The second kappa shape index (κ2) is 12.5. The average Bonchev–Trinajstić information content (AvgIpc) is 2.95. The van der Waals surface area contributed by atoms with Crippen LogP contribution in [0.3, 0.4) is 0 Å². The summed E-state index contributed by atoms with van der Waals surface area (Å²) >= 11 is 5.07. The summed E-state index contributed by atoms with van der Waals surface area (Å²) in [6, 6.07) is -0.438. The van der Waals surface area contributed by atoms with Crippen LogP contribution < -0.4 is 0 Å². The number of aliphatic hydroxyl groups excluding tert-OH is 1. The lowest BCUT2D eigenvalue weighted by atomic mass is 9.54. The lowest BCUT2D eigenvalue weighted by Crippen LogP contribution is -2.47. The molecule has 8 heteroatoms. The molecule has 4 rings (SSSR count). The SMILES string of the molecule is CC(CI)(C1=CCC([N+](=O)[O-])CC1)C1C=CC(C(CI)(C2C=CC(N=O)=CC2)C2C=CC(O)CC2)CC1. The molecule has 0 fully saturated rings. The van der Waals surface area contributed by atoms with Crippen molar-refractivity contribution in [2.45, 2.75) is 70.4 Å². The van der Waals surface area contributed by atoms with E-state index in [1.807, 2.05) is 18.2 Å². The molecule has 6 nitrogen and oxygen atoms in total. The summed E-state index contributed by atoms with van der Waals surface area (Å²) in [6.07, 6.45) is 23.8. The summed E-state index contributed by atoms with van der Waals surface area (Å²) < 4.78 is 2.00. The second-order valence-electron chi connectivity index (χ2n) is 11.5. The van der Waals surface area contributed by atoms with Gasteiger partial charge in [0.15, 0.2) is 0 Å². The maximum atomic E-state index is 11.3. The van der Waals surface area contributed by atoms with Crippen molar-refractivity contribution in [2.24, 2.45) is 39.7 Å². The maximum absolute atomic E-state index is 11.3. The molecule has 8 atom stereocenters. The molecule has 0 aliphatic heterocycles. The van der Waals surface area contributed by atoms with Gasteiger partial charge in [-0.05, 0) is 78.9 Å². The highest BCUT2D eigenvalue weighted by Gasteiger charge is 2.50. The van der Waals surface area contributed by atoms with Crippen molar-refractivity contribution in [3.63, 3.8) is 0 Å². The summed E-state index contributed by atoms with van der Waals surface area (Å²) in [4.78, 5) is 22.3. The lowest BCUT2D eigenvalue weighted by molar-refractivity contribution is -0.523. The Morgan fingerprint density at radius 2 is 1.62 bits per heavy atom. The highest BCUT2D eigenvalue weighted by molar-refractivity contribution is 14.1. The molecule has 202 valence electrons. The molecule has 0 aromatic heterocycles. The Balaban J connectivity index is 1.61. The quantitative estimate of drug-likeness (QED) is 0.0656. The third-order valence-corrected chi connectivity index (χ3v) is 12.6. The van der Waals surface area contributed by atoms with Crippen LogP contribution in [0, 0.1) is 49.5 Å². The summed E-state index contributed by atoms with van der Waals surface area (Å²) in [5, 5.41) is 24.6. The van der Waals surface area contributed by atoms with E-state index in [0.29, 0.717) is 42.2 Å². The molecule has 0 saturated carbocycles. The van der Waals surface area contributed by atoms with Crippen LogP contribution in [0.25, 0.3) is 0 Å². The number of hydrogen-bond donors (Lipinski definition) is 1. The Kier molecular flexibility index (Phi) is 9.86. The predicted molar refractivity (Wildman–Crippen MR) is 165 cm³/mol. The zero-order valence-electron chi connectivity index (χ0n) is 21.5. The molecule has 4 aliphatic rings. The van der Waals surface area contributed by atoms with Crippen LogP contribution in [0.4, 0.5) is 0 Å². The first-order valence-corrected chi connectivity index (χ1v) is 16.5. The van der Waals surface area contributed by atoms with E-state index in [1.54, 1.807) is 0 Å². The molecule has 0 bridgehead atoms. The maximum Gasteiger partial charge on any atom is 0.216 e. The molecule has 0 aromatic rings. The van der Waals surface area contributed by atoms with Crippen LogP contribution in [-0.2, 0) is 0 Å². The Bertz CT molecular complexity index is 1020. The highest BCUT2D eigenvalue weighted by Crippen LogP contribution is 2.56. The first-order valence-electron chi connectivity index (χ1n) is 13.5. The standard InChI is InChI=1S/C29H38I2N2O4/c1-28(18-30,21-8-14-26(15-9-21)33(36)37)20-2-4-22(5-3-20)29(19-31,24-10-16-27(34)17-11-24)23-6-12-25(32-35)13-7-23/h2,4,6,8,10,12-13,16,20,22-24,26-27,34H,3,5,7,9,11,14-15,17-19H2,1H3. The van der Waals surface area contributed by atoms with E-state index in [4.69, 9.17) is 0 Å². The van der Waals surface area contributed by atoms with E-state index in [2.05, 4.69) is 87.7 Å². The van der Waals surface area contributed by atoms with Crippen molar-refractivity contribution in [1.82, 2.24) is 0 Å². The van der Waals surface area contributed by atoms with Crippen LogP contribution in [0.15, 0.2) is 65.1 Å². The topological polar surface area (TPSA) is 92.8 Å². The first-order chi connectivity index (χ1) is 17.8. The van der Waals surface area contributed by atoms with Gasteiger partial charge in [0.1, 0.15) is 5.70 Å². The number of hydrogen-bond acceptors (Lipinski definition) is 5. The van der Waals surface area contributed by atoms with E-state index < -0.39 is 6.04 Å². The van der Waals surface area contributed by atoms with Crippen molar-refractivity contribution in [3.8, 4) is 0 Å². The largest absolute Gasteiger partial charge is 0.389 e. The van der Waals surface area contributed by atoms with Crippen LogP contribution in [0.2, 0.25) is 0 Å². The Morgan fingerprint density at radius 1 is 0.946 bits per heavy atom. The molecule has 1 N–H and O–H groups in total. The minimum atomic E-state index is -0.438. The molecule has 4 aliphatic carbocycles. The van der Waals surface area contributed by atoms with E-state index in [1.165, 1.54) is 5.57 Å². The van der Waals surface area contributed by atoms with E-state index >= 15 is 0 Å². The summed E-state index contributed by atoms with van der Waals surface area (Å²) in [5.74, 6) is 1.49. The van der Waals surface area contributed by atoms with Gasteiger partial charge >= 0.3 is 0 Å². The number of rotatable bonds is 9. The van der Waals surface area contributed by atoms with Gasteiger partial charge in [0.05, 0.1) is 6.10 Å². The zero-order valence-corrected chi connectivity index (χ0v) is 25.8. The summed E-state index contributed by atoms with van der Waals surface area (Å²) in [7, 11) is 0. The van der Waals surface area contributed by atoms with Crippen molar-refractivity contribution >= 4 is 45.2 Å². The molecule has 0 spiro atoms. The fraction of sp³-hybridized carbons (Fsp3) is 0.655. The van der Waals surface area contributed by atoms with Gasteiger partial charge in [-0.15, -0.1) is 4.91 Å². The van der Waals surface area contributed by atoms with Gasteiger partial charge in [-0.25, -0.2) is 0 Å². The monoisotopic (exact) mass is 732 g/mol. The Hall–Kier alpha value is -0.880. The normalized spacial score (nSPS) is 35.1. The smallest absolute Gasteiger partial charge is 0.216 e. The number of nitro groups is 1. The number of aliphatic hydroxyl groups is 1. The van der Waals surface area contributed by atoms with Gasteiger partial charge in [0.25, 0.3) is 0 Å². The van der Waals surface area contributed by atoms with Gasteiger partial charge in [-0.1, -0.05) is 100 Å². The average molecular weight is 732 g/mol. The van der Waals surface area contributed by atoms with Crippen molar-refractivity contribution in [2.75, 3.05) is 8.86 Å². The molecule has 0 amide bonds. The lowest BCUT2D eigenvalue weighted by Gasteiger charge is -2.52. The van der Waals surface area contributed by atoms with Gasteiger partial charge in [-0.2, -0.15) is 0 Å². The second-order valence-corrected chi connectivity index (χ2v) is 13.0. The minimum absolute atomic E-state index is 0.00382. The summed E-state index contributed by atoms with van der Waals surface area (Å²) in [6.45, 7) is 2.35. The molecular formula is C29H38I2N2O4. The van der Waals surface area contributed by atoms with E-state index in [0.717, 1.165) is 47.4 Å². The molecule has 0 radical (unpaired) electrons. The van der Waals surface area contributed by atoms with Crippen LogP contribution in [-0.4, -0.2) is 31.0 Å². The Labute approximate surface area is 247 Å². The fourth-order valence-corrected chi connectivity index (χ4v) is 9.96. The molecule has 8 unspecified atom stereocenters. The number of allylic oxidation sites excluding steroid dienone is 7. The van der Waals surface area contributed by atoms with Gasteiger partial charge in [-0.3, -0.25) is 10.1 Å². The third-order valence-electron chi connectivity index (χ3n) is 9.70. The molecular weight excluding hydrogens is 694 g/mol. The van der Waals surface area contributed by atoms with E-state index in [9.17, 15) is 20.1 Å². The van der Waals surface area contributed by atoms with Gasteiger partial charge in [0.2, 0.25) is 6.04 Å². The number of alkyl halides is 2. The van der Waals surface area contributed by atoms with Crippen molar-refractivity contribution < 1.29 is 10.0 Å². The third kappa shape index (κ3) is 5.85. The zero-order chi connectivity index (χ0) is 26.6. The predicted octanol–water partition coefficient (Wildman–Crippen LogP) is 7.74. The highest BCUT2D eigenvalue weighted by atomic mass is 127. The summed E-state index contributed by atoms with van der Waals surface area (Å²) in [5.41, 5.74) is 1.94. The number of nitrogens with zero attached hydrogens (tertiary/aromatic N) is 2. The molecule has 0 saturated heterocycles. The fourth-order valence-electron chi connectivity index (χ4n) is 7.20. The number of halogens is 2. The van der Waals surface area contributed by atoms with Crippen molar-refractivity contribution in [1.29, 1.82) is 0 Å². The van der Waals surface area contributed by atoms with Crippen LogP contribution >= 0.6 is 45.2 Å². The molecule has 37 heavy (non-hydrogen) atoms. The molecule has 0 heterocycles. The van der Waals surface area contributed by atoms with Gasteiger partial charge < -0.3 is 5.11 Å². The number of nitroso groups, excluding NO2 is 1. The van der Waals surface area contributed by atoms with Crippen LogP contribution in [0.5, 0.6) is 0 Å². The minimum Gasteiger partial charge on any atom is -0.389 e.